The lowest BCUT2D eigenvalue weighted by molar-refractivity contribution is -0.0313. The van der Waals surface area contributed by atoms with Crippen molar-refractivity contribution in [3.63, 3.8) is 0 Å². The molecule has 0 bridgehead atoms. The second-order valence-electron chi connectivity index (χ2n) is 4.56. The summed E-state index contributed by atoms with van der Waals surface area (Å²) in [5.41, 5.74) is 0.410. The summed E-state index contributed by atoms with van der Waals surface area (Å²) in [4.78, 5) is 9.73. The van der Waals surface area contributed by atoms with Gasteiger partial charge in [0.25, 0.3) is 5.89 Å². The molecule has 3 rings (SSSR count). The first kappa shape index (κ1) is 8.88. The smallest absolute Gasteiger partial charge is 0.273 e. The third-order valence-electron chi connectivity index (χ3n) is 2.83. The molecule has 1 aliphatic heterocycles. The Morgan fingerprint density at radius 2 is 2.20 bits per heavy atom. The maximum absolute atomic E-state index is 5.34. The molecule has 1 fully saturated rings. The number of hydrogen-bond donors (Lipinski definition) is 0. The summed E-state index contributed by atoms with van der Waals surface area (Å²) < 4.78 is 5.24. The molecular formula is C10H13N3O2. The Balaban J connectivity index is 1.85. The van der Waals surface area contributed by atoms with E-state index in [-0.39, 0.29) is 0 Å². The molecule has 0 unspecified atom stereocenters. The molecule has 1 atom stereocenters. The number of nitrogens with zero attached hydrogens (tertiary/aromatic N) is 3. The Morgan fingerprint density at radius 1 is 1.40 bits per heavy atom. The summed E-state index contributed by atoms with van der Waals surface area (Å²) in [7, 11) is 0. The molecule has 2 aliphatic rings. The third-order valence-corrected chi connectivity index (χ3v) is 2.83. The van der Waals surface area contributed by atoms with Gasteiger partial charge < -0.3 is 9.36 Å². The summed E-state index contributed by atoms with van der Waals surface area (Å²) >= 11 is 0. The molecule has 5 nitrogen and oxygen atoms in total. The van der Waals surface area contributed by atoms with E-state index in [0.29, 0.717) is 11.8 Å². The average molecular weight is 207 g/mol. The minimum Gasteiger partial charge on any atom is -0.379 e. The van der Waals surface area contributed by atoms with Gasteiger partial charge in [-0.1, -0.05) is 10.3 Å². The fraction of sp³-hybridized carbons (Fsp3) is 0.700. The predicted octanol–water partition coefficient (Wildman–Crippen LogP) is 1.96. The van der Waals surface area contributed by atoms with Crippen LogP contribution in [0, 0.1) is 0 Å². The van der Waals surface area contributed by atoms with Gasteiger partial charge in [-0.05, 0) is 26.7 Å². The first-order valence-corrected chi connectivity index (χ1v) is 5.23. The average Bonchev–Trinajstić information content (AvgIpc) is 2.81. The molecule has 15 heavy (non-hydrogen) atoms. The Morgan fingerprint density at radius 3 is 2.80 bits per heavy atom. The van der Waals surface area contributed by atoms with E-state index in [0.717, 1.165) is 18.0 Å². The maximum atomic E-state index is 5.34. The normalized spacial score (nSPS) is 30.1. The fourth-order valence-electron chi connectivity index (χ4n) is 1.80. The standard InChI is InChI=1S/C10H13N3O2/c1-6-5-10(2,15-12-6)9-11-8(13-14-9)7-3-4-7/h7H,3-5H2,1-2H3/t10-/m0/s1. The van der Waals surface area contributed by atoms with Crippen molar-refractivity contribution >= 4 is 5.71 Å². The summed E-state index contributed by atoms with van der Waals surface area (Å²) in [6, 6.07) is 0. The van der Waals surface area contributed by atoms with E-state index in [1.807, 2.05) is 13.8 Å². The molecule has 80 valence electrons. The van der Waals surface area contributed by atoms with Crippen molar-refractivity contribution in [2.24, 2.45) is 5.16 Å². The van der Waals surface area contributed by atoms with E-state index in [1.54, 1.807) is 0 Å². The minimum absolute atomic E-state index is 0.509. The lowest BCUT2D eigenvalue weighted by Crippen LogP contribution is -2.21. The van der Waals surface area contributed by atoms with Gasteiger partial charge >= 0.3 is 0 Å². The topological polar surface area (TPSA) is 60.5 Å². The Labute approximate surface area is 87.5 Å². The highest BCUT2D eigenvalue weighted by molar-refractivity contribution is 5.83. The molecule has 0 amide bonds. The van der Waals surface area contributed by atoms with Crippen LogP contribution >= 0.6 is 0 Å². The second kappa shape index (κ2) is 2.81. The van der Waals surface area contributed by atoms with Crippen LogP contribution < -0.4 is 0 Å². The van der Waals surface area contributed by atoms with E-state index in [2.05, 4.69) is 15.3 Å². The minimum atomic E-state index is -0.551. The van der Waals surface area contributed by atoms with Gasteiger partial charge in [0, 0.05) is 12.3 Å². The van der Waals surface area contributed by atoms with Crippen molar-refractivity contribution in [3.8, 4) is 0 Å². The molecule has 2 heterocycles. The van der Waals surface area contributed by atoms with Crippen LogP contribution in [0.5, 0.6) is 0 Å². The SMILES string of the molecule is CC1=NO[C@](C)(c2nc(C3CC3)no2)C1. The second-order valence-corrected chi connectivity index (χ2v) is 4.56. The first-order chi connectivity index (χ1) is 7.17. The third kappa shape index (κ3) is 1.42. The molecule has 1 aromatic heterocycles. The maximum Gasteiger partial charge on any atom is 0.273 e. The molecule has 1 aliphatic carbocycles. The van der Waals surface area contributed by atoms with Crippen LogP contribution in [0.25, 0.3) is 0 Å². The zero-order chi connectivity index (χ0) is 10.5. The summed E-state index contributed by atoms with van der Waals surface area (Å²) in [5.74, 6) is 1.87. The monoisotopic (exact) mass is 207 g/mol. The lowest BCUT2D eigenvalue weighted by Gasteiger charge is -2.15. The van der Waals surface area contributed by atoms with Gasteiger partial charge in [-0.15, -0.1) is 0 Å². The van der Waals surface area contributed by atoms with Crippen molar-refractivity contribution in [2.75, 3.05) is 0 Å². The molecular weight excluding hydrogens is 194 g/mol. The molecule has 5 heteroatoms. The largest absolute Gasteiger partial charge is 0.379 e. The van der Waals surface area contributed by atoms with Crippen LogP contribution in [0.2, 0.25) is 0 Å². The van der Waals surface area contributed by atoms with Crippen LogP contribution in [0.3, 0.4) is 0 Å². The van der Waals surface area contributed by atoms with Gasteiger partial charge in [-0.25, -0.2) is 0 Å². The lowest BCUT2D eigenvalue weighted by atomic mass is 10.0. The van der Waals surface area contributed by atoms with E-state index >= 15 is 0 Å². The van der Waals surface area contributed by atoms with E-state index in [1.165, 1.54) is 12.8 Å². The van der Waals surface area contributed by atoms with Gasteiger partial charge in [0.05, 0.1) is 5.71 Å². The van der Waals surface area contributed by atoms with Gasteiger partial charge in [-0.3, -0.25) is 0 Å². The van der Waals surface area contributed by atoms with Crippen LogP contribution in [0.1, 0.15) is 50.7 Å². The van der Waals surface area contributed by atoms with Crippen LogP contribution in [-0.2, 0) is 10.4 Å². The number of hydrogen-bond acceptors (Lipinski definition) is 5. The van der Waals surface area contributed by atoms with Gasteiger partial charge in [0.15, 0.2) is 5.82 Å². The Bertz CT molecular complexity index is 422. The molecule has 0 spiro atoms. The van der Waals surface area contributed by atoms with E-state index in [4.69, 9.17) is 9.36 Å². The molecule has 0 radical (unpaired) electrons. The van der Waals surface area contributed by atoms with Crippen molar-refractivity contribution in [1.82, 2.24) is 10.1 Å². The number of aromatic nitrogens is 2. The molecule has 0 aromatic carbocycles. The first-order valence-electron chi connectivity index (χ1n) is 5.23. The predicted molar refractivity (Wildman–Crippen MR) is 52.4 cm³/mol. The van der Waals surface area contributed by atoms with Gasteiger partial charge in [0.2, 0.25) is 5.60 Å². The summed E-state index contributed by atoms with van der Waals surface area (Å²) in [6.45, 7) is 3.86. The van der Waals surface area contributed by atoms with Crippen LogP contribution in [0.4, 0.5) is 0 Å². The van der Waals surface area contributed by atoms with E-state index < -0.39 is 5.60 Å². The van der Waals surface area contributed by atoms with Crippen LogP contribution in [0.15, 0.2) is 9.68 Å². The highest BCUT2D eigenvalue weighted by Gasteiger charge is 2.41. The van der Waals surface area contributed by atoms with Crippen molar-refractivity contribution in [1.29, 1.82) is 0 Å². The number of oxime groups is 1. The fourth-order valence-corrected chi connectivity index (χ4v) is 1.80. The Hall–Kier alpha value is -1.39. The van der Waals surface area contributed by atoms with Gasteiger partial charge in [0.1, 0.15) is 0 Å². The zero-order valence-corrected chi connectivity index (χ0v) is 8.86. The van der Waals surface area contributed by atoms with Crippen LogP contribution in [-0.4, -0.2) is 15.9 Å². The Kier molecular flexibility index (Phi) is 1.66. The summed E-state index contributed by atoms with van der Waals surface area (Å²) in [5, 5.41) is 7.90. The van der Waals surface area contributed by atoms with Crippen molar-refractivity contribution in [2.45, 2.75) is 44.6 Å². The van der Waals surface area contributed by atoms with Crippen molar-refractivity contribution < 1.29 is 9.36 Å². The molecule has 1 saturated carbocycles. The molecule has 0 N–H and O–H groups in total. The zero-order valence-electron chi connectivity index (χ0n) is 8.86. The summed E-state index contributed by atoms with van der Waals surface area (Å²) in [6.07, 6.45) is 3.07. The van der Waals surface area contributed by atoms with Crippen molar-refractivity contribution in [3.05, 3.63) is 11.7 Å². The van der Waals surface area contributed by atoms with E-state index in [9.17, 15) is 0 Å². The molecule has 1 aromatic rings. The number of rotatable bonds is 2. The highest BCUT2D eigenvalue weighted by Crippen LogP contribution is 2.40. The highest BCUT2D eigenvalue weighted by atomic mass is 16.7. The quantitative estimate of drug-likeness (QED) is 0.743. The van der Waals surface area contributed by atoms with Gasteiger partial charge in [-0.2, -0.15) is 4.98 Å². The molecule has 0 saturated heterocycles.